The van der Waals surface area contributed by atoms with Crippen LogP contribution in [0.15, 0.2) is 0 Å². The van der Waals surface area contributed by atoms with Gasteiger partial charge in [0.05, 0.1) is 18.1 Å². The van der Waals surface area contributed by atoms with Gasteiger partial charge < -0.3 is 9.47 Å². The van der Waals surface area contributed by atoms with Crippen LogP contribution in [0.3, 0.4) is 0 Å². The van der Waals surface area contributed by atoms with Gasteiger partial charge >= 0.3 is 5.97 Å². The van der Waals surface area contributed by atoms with Gasteiger partial charge in [-0.15, -0.1) is 0 Å². The Morgan fingerprint density at radius 3 is 2.69 bits per heavy atom. The van der Waals surface area contributed by atoms with E-state index in [1.807, 2.05) is 20.8 Å². The number of ether oxygens (including phenoxy) is 2. The zero-order chi connectivity index (χ0) is 9.84. The van der Waals surface area contributed by atoms with Crippen molar-refractivity contribution in [3.05, 3.63) is 0 Å². The van der Waals surface area contributed by atoms with E-state index in [4.69, 9.17) is 9.47 Å². The fourth-order valence-corrected chi connectivity index (χ4v) is 1.35. The molecule has 0 N–H and O–H groups in total. The first-order valence-corrected chi connectivity index (χ1v) is 4.91. The predicted molar refractivity (Wildman–Crippen MR) is 49.4 cm³/mol. The molecule has 2 atom stereocenters. The molecule has 1 heterocycles. The highest BCUT2D eigenvalue weighted by Gasteiger charge is 2.23. The first kappa shape index (κ1) is 10.5. The summed E-state index contributed by atoms with van der Waals surface area (Å²) in [7, 11) is 0. The van der Waals surface area contributed by atoms with Crippen LogP contribution in [0.2, 0.25) is 0 Å². The van der Waals surface area contributed by atoms with Gasteiger partial charge in [0.2, 0.25) is 0 Å². The molecule has 76 valence electrons. The highest BCUT2D eigenvalue weighted by atomic mass is 16.6. The van der Waals surface area contributed by atoms with Gasteiger partial charge in [-0.05, 0) is 19.8 Å². The Balaban J connectivity index is 2.16. The molecule has 3 nitrogen and oxygen atoms in total. The summed E-state index contributed by atoms with van der Waals surface area (Å²) >= 11 is 0. The minimum atomic E-state index is -0.136. The molecule has 0 aromatic carbocycles. The van der Waals surface area contributed by atoms with E-state index in [0.29, 0.717) is 12.7 Å². The van der Waals surface area contributed by atoms with Crippen LogP contribution >= 0.6 is 0 Å². The van der Waals surface area contributed by atoms with Crippen molar-refractivity contribution < 1.29 is 14.3 Å². The summed E-state index contributed by atoms with van der Waals surface area (Å²) in [6.45, 7) is 6.13. The molecule has 1 saturated heterocycles. The number of carbonyl (C=O) groups excluding carboxylic acids is 1. The SMILES string of the molecule is CC1CCC(COC(=O)C(C)C)O1. The predicted octanol–water partition coefficient (Wildman–Crippen LogP) is 1.75. The van der Waals surface area contributed by atoms with E-state index in [2.05, 4.69) is 0 Å². The van der Waals surface area contributed by atoms with Crippen molar-refractivity contribution in [3.63, 3.8) is 0 Å². The van der Waals surface area contributed by atoms with Crippen molar-refractivity contribution in [2.75, 3.05) is 6.61 Å². The van der Waals surface area contributed by atoms with E-state index in [0.717, 1.165) is 12.8 Å². The number of carbonyl (C=O) groups is 1. The summed E-state index contributed by atoms with van der Waals surface area (Å²) in [6, 6.07) is 0. The Morgan fingerprint density at radius 2 is 2.23 bits per heavy atom. The lowest BCUT2D eigenvalue weighted by atomic mass is 10.2. The van der Waals surface area contributed by atoms with Gasteiger partial charge in [-0.2, -0.15) is 0 Å². The third-order valence-electron chi connectivity index (χ3n) is 2.20. The molecule has 0 aliphatic carbocycles. The maximum atomic E-state index is 11.1. The smallest absolute Gasteiger partial charge is 0.308 e. The largest absolute Gasteiger partial charge is 0.463 e. The second-order valence-electron chi connectivity index (χ2n) is 3.93. The average molecular weight is 186 g/mol. The van der Waals surface area contributed by atoms with E-state index in [9.17, 15) is 4.79 Å². The lowest BCUT2D eigenvalue weighted by Crippen LogP contribution is -2.21. The van der Waals surface area contributed by atoms with Crippen molar-refractivity contribution in [1.29, 1.82) is 0 Å². The lowest BCUT2D eigenvalue weighted by Gasteiger charge is -2.12. The number of hydrogen-bond donors (Lipinski definition) is 0. The van der Waals surface area contributed by atoms with Gasteiger partial charge in [0.25, 0.3) is 0 Å². The molecular weight excluding hydrogens is 168 g/mol. The van der Waals surface area contributed by atoms with Crippen LogP contribution in [-0.2, 0) is 14.3 Å². The summed E-state index contributed by atoms with van der Waals surface area (Å²) in [6.07, 6.45) is 2.52. The second-order valence-corrected chi connectivity index (χ2v) is 3.93. The Bertz CT molecular complexity index is 177. The molecule has 1 aliphatic rings. The molecule has 13 heavy (non-hydrogen) atoms. The van der Waals surface area contributed by atoms with Crippen LogP contribution in [0.5, 0.6) is 0 Å². The van der Waals surface area contributed by atoms with Crippen molar-refractivity contribution in [3.8, 4) is 0 Å². The molecule has 0 bridgehead atoms. The van der Waals surface area contributed by atoms with E-state index in [1.165, 1.54) is 0 Å². The fourth-order valence-electron chi connectivity index (χ4n) is 1.35. The Hall–Kier alpha value is -0.570. The van der Waals surface area contributed by atoms with Crippen LogP contribution < -0.4 is 0 Å². The summed E-state index contributed by atoms with van der Waals surface area (Å²) in [5.41, 5.74) is 0. The van der Waals surface area contributed by atoms with Gasteiger partial charge in [-0.3, -0.25) is 4.79 Å². The van der Waals surface area contributed by atoms with Crippen LogP contribution in [0.25, 0.3) is 0 Å². The monoisotopic (exact) mass is 186 g/mol. The molecule has 0 saturated carbocycles. The standard InChI is InChI=1S/C10H18O3/c1-7(2)10(11)12-6-9-5-4-8(3)13-9/h7-9H,4-6H2,1-3H3. The second kappa shape index (κ2) is 4.61. The van der Waals surface area contributed by atoms with Crippen molar-refractivity contribution in [1.82, 2.24) is 0 Å². The zero-order valence-electron chi connectivity index (χ0n) is 8.58. The molecule has 1 rings (SSSR count). The van der Waals surface area contributed by atoms with E-state index in [-0.39, 0.29) is 18.0 Å². The Labute approximate surface area is 79.4 Å². The highest BCUT2D eigenvalue weighted by molar-refractivity contribution is 5.71. The number of hydrogen-bond acceptors (Lipinski definition) is 3. The molecule has 2 unspecified atom stereocenters. The van der Waals surface area contributed by atoms with Gasteiger partial charge in [-0.1, -0.05) is 13.8 Å². The molecule has 3 heteroatoms. The van der Waals surface area contributed by atoms with Crippen LogP contribution in [0, 0.1) is 5.92 Å². The lowest BCUT2D eigenvalue weighted by molar-refractivity contribution is -0.151. The molecular formula is C10H18O3. The Kier molecular flexibility index (Phi) is 3.72. The Morgan fingerprint density at radius 1 is 1.54 bits per heavy atom. The third-order valence-corrected chi connectivity index (χ3v) is 2.20. The molecule has 1 aliphatic heterocycles. The zero-order valence-corrected chi connectivity index (χ0v) is 8.58. The molecule has 1 fully saturated rings. The molecule has 0 aromatic heterocycles. The fraction of sp³-hybridized carbons (Fsp3) is 0.900. The molecule has 0 amide bonds. The van der Waals surface area contributed by atoms with E-state index in [1.54, 1.807) is 0 Å². The summed E-state index contributed by atoms with van der Waals surface area (Å²) in [4.78, 5) is 11.1. The van der Waals surface area contributed by atoms with Gasteiger partial charge in [0, 0.05) is 0 Å². The first-order valence-electron chi connectivity index (χ1n) is 4.91. The molecule has 0 spiro atoms. The van der Waals surface area contributed by atoms with Crippen LogP contribution in [-0.4, -0.2) is 24.8 Å². The van der Waals surface area contributed by atoms with E-state index >= 15 is 0 Å². The maximum absolute atomic E-state index is 11.1. The molecule has 0 aromatic rings. The average Bonchev–Trinajstić information content (AvgIpc) is 2.47. The van der Waals surface area contributed by atoms with Crippen LogP contribution in [0.1, 0.15) is 33.6 Å². The minimum Gasteiger partial charge on any atom is -0.463 e. The number of esters is 1. The first-order chi connectivity index (χ1) is 6.09. The molecule has 0 radical (unpaired) electrons. The van der Waals surface area contributed by atoms with E-state index < -0.39 is 0 Å². The van der Waals surface area contributed by atoms with Crippen molar-refractivity contribution >= 4 is 5.97 Å². The van der Waals surface area contributed by atoms with Crippen molar-refractivity contribution in [2.24, 2.45) is 5.92 Å². The quantitative estimate of drug-likeness (QED) is 0.630. The maximum Gasteiger partial charge on any atom is 0.308 e. The van der Waals surface area contributed by atoms with Crippen LogP contribution in [0.4, 0.5) is 0 Å². The van der Waals surface area contributed by atoms with Gasteiger partial charge in [-0.25, -0.2) is 0 Å². The van der Waals surface area contributed by atoms with Gasteiger partial charge in [0.1, 0.15) is 6.61 Å². The summed E-state index contributed by atoms with van der Waals surface area (Å²) in [5.74, 6) is -0.179. The highest BCUT2D eigenvalue weighted by Crippen LogP contribution is 2.19. The minimum absolute atomic E-state index is 0.0428. The summed E-state index contributed by atoms with van der Waals surface area (Å²) < 4.78 is 10.6. The topological polar surface area (TPSA) is 35.5 Å². The summed E-state index contributed by atoms with van der Waals surface area (Å²) in [5, 5.41) is 0. The van der Waals surface area contributed by atoms with Crippen molar-refractivity contribution in [2.45, 2.75) is 45.8 Å². The normalized spacial score (nSPS) is 28.0. The third kappa shape index (κ3) is 3.35. The number of rotatable bonds is 3. The van der Waals surface area contributed by atoms with Gasteiger partial charge in [0.15, 0.2) is 0 Å².